The smallest absolute Gasteiger partial charge is 0.410 e. The van der Waals surface area contributed by atoms with Crippen LogP contribution in [-0.4, -0.2) is 89.5 Å². The van der Waals surface area contributed by atoms with Gasteiger partial charge in [-0.15, -0.1) is 0 Å². The highest BCUT2D eigenvalue weighted by atomic mass is 79.9. The summed E-state index contributed by atoms with van der Waals surface area (Å²) >= 11 is 3.46. The standard InChI is InChI=1S/C30H38BrN5O5/c1-30(2,3)41-29(38)35-13-14-39-24(18-35)19-40-23-10-8-20(9-11-23)21-15-22(17-34(4)16-21)32-27-26(31)28(37)36-12-6-5-7-25(36)33-27/h5-12,21-22,24,32H,13-19H2,1-4H3/t21-,22+,24?/m0/s1. The number of benzene rings is 1. The van der Waals surface area contributed by atoms with Crippen molar-refractivity contribution in [3.05, 3.63) is 69.1 Å². The lowest BCUT2D eigenvalue weighted by molar-refractivity contribution is -0.0557. The molecule has 4 heterocycles. The summed E-state index contributed by atoms with van der Waals surface area (Å²) in [5, 5.41) is 3.52. The molecule has 5 rings (SSSR count). The number of fused-ring (bicyclic) bond motifs is 1. The van der Waals surface area contributed by atoms with E-state index in [1.807, 2.05) is 51.1 Å². The lowest BCUT2D eigenvalue weighted by atomic mass is 9.88. The van der Waals surface area contributed by atoms with Gasteiger partial charge in [-0.3, -0.25) is 9.20 Å². The van der Waals surface area contributed by atoms with Gasteiger partial charge in [-0.1, -0.05) is 18.2 Å². The van der Waals surface area contributed by atoms with Gasteiger partial charge in [0, 0.05) is 31.9 Å². The van der Waals surface area contributed by atoms with Gasteiger partial charge in [0.2, 0.25) is 0 Å². The van der Waals surface area contributed by atoms with E-state index in [0.29, 0.717) is 48.2 Å². The van der Waals surface area contributed by atoms with Gasteiger partial charge in [0.1, 0.15) is 40.0 Å². The molecule has 0 spiro atoms. The molecule has 1 unspecified atom stereocenters. The molecule has 11 heteroatoms. The Morgan fingerprint density at radius 1 is 1.15 bits per heavy atom. The van der Waals surface area contributed by atoms with Crippen LogP contribution in [0.15, 0.2) is 57.9 Å². The molecule has 0 saturated carbocycles. The maximum atomic E-state index is 12.8. The Hall–Kier alpha value is -3.15. The van der Waals surface area contributed by atoms with Crippen molar-refractivity contribution in [2.45, 2.75) is 50.9 Å². The number of carbonyl (C=O) groups excluding carboxylic acids is 1. The molecule has 3 aromatic rings. The highest BCUT2D eigenvalue weighted by Crippen LogP contribution is 2.30. The Kier molecular flexibility index (Phi) is 8.86. The van der Waals surface area contributed by atoms with E-state index in [0.717, 1.165) is 25.3 Å². The zero-order chi connectivity index (χ0) is 29.1. The molecule has 1 amide bonds. The first-order valence-electron chi connectivity index (χ1n) is 14.0. The van der Waals surface area contributed by atoms with Crippen LogP contribution in [0.3, 0.4) is 0 Å². The normalized spacial score (nSPS) is 22.0. The van der Waals surface area contributed by atoms with E-state index in [1.165, 1.54) is 9.96 Å². The zero-order valence-corrected chi connectivity index (χ0v) is 25.6. The highest BCUT2D eigenvalue weighted by Gasteiger charge is 2.29. The van der Waals surface area contributed by atoms with Crippen molar-refractivity contribution in [3.8, 4) is 5.75 Å². The fourth-order valence-electron chi connectivity index (χ4n) is 5.36. The number of nitrogens with one attached hydrogen (secondary N) is 1. The molecule has 2 aliphatic heterocycles. The average Bonchev–Trinajstić information content (AvgIpc) is 2.94. The number of hydrogen-bond acceptors (Lipinski definition) is 8. The minimum Gasteiger partial charge on any atom is -0.491 e. The predicted octanol–water partition coefficient (Wildman–Crippen LogP) is 4.37. The summed E-state index contributed by atoms with van der Waals surface area (Å²) in [4.78, 5) is 33.9. The van der Waals surface area contributed by atoms with Gasteiger partial charge >= 0.3 is 6.09 Å². The van der Waals surface area contributed by atoms with Gasteiger partial charge in [0.05, 0.1) is 13.2 Å². The van der Waals surface area contributed by atoms with E-state index in [-0.39, 0.29) is 23.8 Å². The van der Waals surface area contributed by atoms with E-state index < -0.39 is 5.60 Å². The molecule has 3 atom stereocenters. The van der Waals surface area contributed by atoms with Crippen molar-refractivity contribution in [1.29, 1.82) is 0 Å². The van der Waals surface area contributed by atoms with Gasteiger partial charge < -0.3 is 29.3 Å². The molecule has 1 N–H and O–H groups in total. The summed E-state index contributed by atoms with van der Waals surface area (Å²) in [5.41, 5.74) is 1.17. The number of ether oxygens (including phenoxy) is 3. The van der Waals surface area contributed by atoms with Crippen molar-refractivity contribution >= 4 is 33.5 Å². The number of likely N-dealkylation sites (tertiary alicyclic amines) is 1. The number of halogens is 1. The quantitative estimate of drug-likeness (QED) is 0.430. The van der Waals surface area contributed by atoms with E-state index in [9.17, 15) is 9.59 Å². The van der Waals surface area contributed by atoms with Crippen molar-refractivity contribution < 1.29 is 19.0 Å². The molecule has 0 aliphatic carbocycles. The molecule has 1 aromatic carbocycles. The number of piperidine rings is 1. The summed E-state index contributed by atoms with van der Waals surface area (Å²) in [6.45, 7) is 9.12. The van der Waals surface area contributed by atoms with Crippen LogP contribution in [-0.2, 0) is 9.47 Å². The number of amides is 1. The largest absolute Gasteiger partial charge is 0.491 e. The number of carbonyl (C=O) groups is 1. The Morgan fingerprint density at radius 2 is 1.93 bits per heavy atom. The van der Waals surface area contributed by atoms with Gasteiger partial charge in [0.15, 0.2) is 0 Å². The number of hydrogen-bond donors (Lipinski definition) is 1. The van der Waals surface area contributed by atoms with Crippen LogP contribution in [0.25, 0.3) is 5.65 Å². The number of rotatable bonds is 6. The Balaban J connectivity index is 1.18. The van der Waals surface area contributed by atoms with E-state index in [1.54, 1.807) is 11.1 Å². The topological polar surface area (TPSA) is 97.6 Å². The van der Waals surface area contributed by atoms with E-state index in [4.69, 9.17) is 14.2 Å². The lowest BCUT2D eigenvalue weighted by Crippen LogP contribution is -2.49. The molecule has 2 aliphatic rings. The minimum absolute atomic E-state index is 0.125. The summed E-state index contributed by atoms with van der Waals surface area (Å²) in [7, 11) is 2.11. The average molecular weight is 629 g/mol. The molecular weight excluding hydrogens is 590 g/mol. The molecule has 0 bridgehead atoms. The zero-order valence-electron chi connectivity index (χ0n) is 24.0. The van der Waals surface area contributed by atoms with Gasteiger partial charge in [-0.2, -0.15) is 0 Å². The minimum atomic E-state index is -0.532. The molecule has 41 heavy (non-hydrogen) atoms. The molecule has 220 valence electrons. The van der Waals surface area contributed by atoms with Crippen LogP contribution in [0, 0.1) is 0 Å². The van der Waals surface area contributed by atoms with Crippen LogP contribution in [0.4, 0.5) is 10.6 Å². The van der Waals surface area contributed by atoms with Crippen molar-refractivity contribution in [3.63, 3.8) is 0 Å². The summed E-state index contributed by atoms with van der Waals surface area (Å²) in [6.07, 6.45) is 2.09. The fraction of sp³-hybridized carbons (Fsp3) is 0.500. The third-order valence-corrected chi connectivity index (χ3v) is 7.95. The number of aromatic nitrogens is 2. The molecule has 2 saturated heterocycles. The second-order valence-electron chi connectivity index (χ2n) is 11.8. The molecular formula is C30H38BrN5O5. The third kappa shape index (κ3) is 7.38. The van der Waals surface area contributed by atoms with Crippen molar-refractivity contribution in [2.75, 3.05) is 51.8 Å². The van der Waals surface area contributed by atoms with Crippen LogP contribution in [0.5, 0.6) is 5.75 Å². The number of morpholine rings is 1. The van der Waals surface area contributed by atoms with E-state index in [2.05, 4.69) is 50.3 Å². The van der Waals surface area contributed by atoms with Crippen LogP contribution < -0.4 is 15.6 Å². The predicted molar refractivity (Wildman–Crippen MR) is 161 cm³/mol. The number of anilines is 1. The second-order valence-corrected chi connectivity index (χ2v) is 12.6. The molecule has 2 aromatic heterocycles. The first kappa shape index (κ1) is 29.3. The van der Waals surface area contributed by atoms with Crippen LogP contribution >= 0.6 is 15.9 Å². The number of nitrogens with zero attached hydrogens (tertiary/aromatic N) is 4. The number of likely N-dealkylation sites (N-methyl/N-ethyl adjacent to an activating group) is 1. The van der Waals surface area contributed by atoms with Crippen LogP contribution in [0.1, 0.15) is 38.7 Å². The maximum absolute atomic E-state index is 12.8. The fourth-order valence-corrected chi connectivity index (χ4v) is 5.75. The Labute approximate surface area is 248 Å². The van der Waals surface area contributed by atoms with Crippen LogP contribution in [0.2, 0.25) is 0 Å². The summed E-state index contributed by atoms with van der Waals surface area (Å²) in [6, 6.07) is 13.8. The molecule has 2 fully saturated rings. The van der Waals surface area contributed by atoms with Gasteiger partial charge in [0.25, 0.3) is 5.56 Å². The van der Waals surface area contributed by atoms with E-state index >= 15 is 0 Å². The maximum Gasteiger partial charge on any atom is 0.410 e. The van der Waals surface area contributed by atoms with Crippen molar-refractivity contribution in [1.82, 2.24) is 19.2 Å². The first-order chi connectivity index (χ1) is 19.6. The van der Waals surface area contributed by atoms with Crippen molar-refractivity contribution in [2.24, 2.45) is 0 Å². The summed E-state index contributed by atoms with van der Waals surface area (Å²) < 4.78 is 19.3. The number of pyridine rings is 1. The van der Waals surface area contributed by atoms with Gasteiger partial charge in [-0.05, 0) is 85.9 Å². The monoisotopic (exact) mass is 627 g/mol. The first-order valence-corrected chi connectivity index (χ1v) is 14.8. The highest BCUT2D eigenvalue weighted by molar-refractivity contribution is 9.10. The molecule has 10 nitrogen and oxygen atoms in total. The second kappa shape index (κ2) is 12.4. The Morgan fingerprint density at radius 3 is 2.68 bits per heavy atom. The Bertz CT molecular complexity index is 1420. The van der Waals surface area contributed by atoms with Gasteiger partial charge in [-0.25, -0.2) is 9.78 Å². The third-order valence-electron chi connectivity index (χ3n) is 7.23. The molecule has 0 radical (unpaired) electrons. The SMILES string of the molecule is CN1C[C@H](Nc2nc3ccccn3c(=O)c2Br)C[C@H](c2ccc(OCC3CN(C(=O)OC(C)(C)C)CCO3)cc2)C1. The lowest BCUT2D eigenvalue weighted by Gasteiger charge is -2.36. The summed E-state index contributed by atoms with van der Waals surface area (Å²) in [5.74, 6) is 1.64.